The Labute approximate surface area is 136 Å². The number of aromatic nitrogens is 1. The highest BCUT2D eigenvalue weighted by atomic mass is 79.9. The van der Waals surface area contributed by atoms with E-state index < -0.39 is 15.9 Å². The van der Waals surface area contributed by atoms with Gasteiger partial charge in [0.05, 0.1) is 17.6 Å². The number of hydrogen-bond donors (Lipinski definition) is 2. The van der Waals surface area contributed by atoms with Gasteiger partial charge < -0.3 is 10.4 Å². The van der Waals surface area contributed by atoms with Crippen LogP contribution in [0.25, 0.3) is 0 Å². The smallest absolute Gasteiger partial charge is 0.190 e. The van der Waals surface area contributed by atoms with Crippen LogP contribution in [0.5, 0.6) is 0 Å². The van der Waals surface area contributed by atoms with Gasteiger partial charge in [-0.1, -0.05) is 6.07 Å². The van der Waals surface area contributed by atoms with Crippen LogP contribution in [0.1, 0.15) is 5.69 Å². The highest BCUT2D eigenvalue weighted by molar-refractivity contribution is 9.10. The van der Waals surface area contributed by atoms with Crippen molar-refractivity contribution in [1.29, 1.82) is 0 Å². The second-order valence-electron chi connectivity index (χ2n) is 4.51. The van der Waals surface area contributed by atoms with Crippen LogP contribution in [0.3, 0.4) is 0 Å². The lowest BCUT2D eigenvalue weighted by Crippen LogP contribution is -2.28. The van der Waals surface area contributed by atoms with Crippen LogP contribution in [0.15, 0.2) is 38.3 Å². The van der Waals surface area contributed by atoms with Crippen molar-refractivity contribution in [2.24, 2.45) is 0 Å². The van der Waals surface area contributed by atoms with Gasteiger partial charge in [-0.3, -0.25) is 0 Å². The molecule has 0 aliphatic rings. The van der Waals surface area contributed by atoms with Crippen LogP contribution < -0.4 is 5.32 Å². The Hall–Kier alpha value is -0.960. The minimum Gasteiger partial charge on any atom is -0.390 e. The van der Waals surface area contributed by atoms with Crippen molar-refractivity contribution >= 4 is 42.9 Å². The number of sulfone groups is 1. The fourth-order valence-electron chi connectivity index (χ4n) is 1.70. The van der Waals surface area contributed by atoms with E-state index in [9.17, 15) is 13.5 Å². The highest BCUT2D eigenvalue weighted by Crippen LogP contribution is 2.19. The molecule has 0 bridgehead atoms. The normalized spacial score (nSPS) is 13.1. The number of thiophene rings is 1. The van der Waals surface area contributed by atoms with E-state index in [0.29, 0.717) is 5.82 Å². The molecule has 21 heavy (non-hydrogen) atoms. The molecule has 1 unspecified atom stereocenters. The number of nitrogens with zero attached hydrogens (tertiary/aromatic N) is 1. The van der Waals surface area contributed by atoms with E-state index in [0.717, 1.165) is 21.5 Å². The molecular weight excluding hydrogens is 376 g/mol. The molecule has 0 saturated carbocycles. The van der Waals surface area contributed by atoms with Crippen molar-refractivity contribution in [3.63, 3.8) is 0 Å². The molecule has 0 amide bonds. The van der Waals surface area contributed by atoms with Crippen LogP contribution in [0.4, 0.5) is 5.82 Å². The Morgan fingerprint density at radius 3 is 2.81 bits per heavy atom. The van der Waals surface area contributed by atoms with Gasteiger partial charge in [0.1, 0.15) is 10.0 Å². The molecule has 2 rings (SSSR count). The predicted octanol–water partition coefficient (Wildman–Crippen LogP) is 2.46. The van der Waals surface area contributed by atoms with Gasteiger partial charge in [0, 0.05) is 11.0 Å². The third-order valence-electron chi connectivity index (χ3n) is 2.75. The summed E-state index contributed by atoms with van der Waals surface area (Å²) in [6.45, 7) is 1.98. The number of hydrogen-bond acceptors (Lipinski definition) is 6. The molecule has 0 spiro atoms. The Morgan fingerprint density at radius 1 is 1.43 bits per heavy atom. The first kappa shape index (κ1) is 16.4. The fraction of sp³-hybridized carbons (Fsp3) is 0.308. The van der Waals surface area contributed by atoms with Crippen LogP contribution in [0.2, 0.25) is 0 Å². The van der Waals surface area contributed by atoms with Crippen LogP contribution in [-0.2, 0) is 9.84 Å². The summed E-state index contributed by atoms with van der Waals surface area (Å²) in [6.07, 6.45) is -0.997. The first-order valence-electron chi connectivity index (χ1n) is 6.20. The van der Waals surface area contributed by atoms with E-state index in [4.69, 9.17) is 0 Å². The average molecular weight is 391 g/mol. The number of halogens is 1. The maximum absolute atomic E-state index is 12.0. The maximum Gasteiger partial charge on any atom is 0.190 e. The largest absolute Gasteiger partial charge is 0.390 e. The van der Waals surface area contributed by atoms with Gasteiger partial charge in [-0.2, -0.15) is 0 Å². The lowest BCUT2D eigenvalue weighted by atomic mass is 10.3. The number of nitrogens with one attached hydrogen (secondary N) is 1. The molecule has 2 aromatic rings. The van der Waals surface area contributed by atoms with Crippen molar-refractivity contribution in [1.82, 2.24) is 4.98 Å². The Kier molecular flexibility index (Phi) is 5.37. The van der Waals surface area contributed by atoms with E-state index in [1.165, 1.54) is 0 Å². The Balaban J connectivity index is 1.93. The molecule has 0 aliphatic carbocycles. The summed E-state index contributed by atoms with van der Waals surface area (Å²) in [5.41, 5.74) is 0.820. The molecule has 8 heteroatoms. The van der Waals surface area contributed by atoms with Crippen molar-refractivity contribution in [3.8, 4) is 0 Å². The molecule has 5 nitrogen and oxygen atoms in total. The van der Waals surface area contributed by atoms with Crippen LogP contribution >= 0.6 is 27.3 Å². The van der Waals surface area contributed by atoms with Crippen molar-refractivity contribution < 1.29 is 13.5 Å². The molecule has 114 valence electrons. The molecule has 2 aromatic heterocycles. The summed E-state index contributed by atoms with van der Waals surface area (Å²) in [5, 5.41) is 14.5. The number of aliphatic hydroxyl groups excluding tert-OH is 1. The lowest BCUT2D eigenvalue weighted by Gasteiger charge is -2.12. The first-order valence-corrected chi connectivity index (χ1v) is 9.52. The van der Waals surface area contributed by atoms with Gasteiger partial charge in [-0.15, -0.1) is 11.3 Å². The van der Waals surface area contributed by atoms with Crippen molar-refractivity contribution in [3.05, 3.63) is 39.8 Å². The average Bonchev–Trinajstić information content (AvgIpc) is 2.94. The number of pyridine rings is 1. The van der Waals surface area contributed by atoms with Gasteiger partial charge in [0.25, 0.3) is 0 Å². The SMILES string of the molecule is Cc1nc(NCC(O)CS(=O)(=O)c2cccs2)ccc1Br. The second-order valence-corrected chi connectivity index (χ2v) is 8.58. The second kappa shape index (κ2) is 6.87. The summed E-state index contributed by atoms with van der Waals surface area (Å²) >= 11 is 4.51. The number of rotatable bonds is 6. The van der Waals surface area contributed by atoms with Gasteiger partial charge in [0.15, 0.2) is 9.84 Å². The molecule has 0 fully saturated rings. The summed E-state index contributed by atoms with van der Waals surface area (Å²) < 4.78 is 25.2. The summed E-state index contributed by atoms with van der Waals surface area (Å²) in [5.74, 6) is 0.291. The van der Waals surface area contributed by atoms with Gasteiger partial charge in [-0.05, 0) is 46.4 Å². The third-order valence-corrected chi connectivity index (χ3v) is 6.88. The Morgan fingerprint density at radius 2 is 2.19 bits per heavy atom. The number of anilines is 1. The topological polar surface area (TPSA) is 79.3 Å². The van der Waals surface area contributed by atoms with Gasteiger partial charge in [0.2, 0.25) is 0 Å². The standard InChI is InChI=1S/C13H15BrN2O3S2/c1-9-11(14)4-5-12(16-9)15-7-10(17)8-21(18,19)13-3-2-6-20-13/h2-6,10,17H,7-8H2,1H3,(H,15,16). The van der Waals surface area contributed by atoms with E-state index in [1.807, 2.05) is 13.0 Å². The molecule has 2 heterocycles. The van der Waals surface area contributed by atoms with E-state index >= 15 is 0 Å². The molecule has 1 atom stereocenters. The fourth-order valence-corrected chi connectivity index (χ4v) is 4.40. The van der Waals surface area contributed by atoms with Crippen LogP contribution in [-0.4, -0.2) is 36.9 Å². The summed E-state index contributed by atoms with van der Waals surface area (Å²) in [4.78, 5) is 4.27. The zero-order chi connectivity index (χ0) is 15.5. The quantitative estimate of drug-likeness (QED) is 0.791. The van der Waals surface area contributed by atoms with E-state index in [1.54, 1.807) is 23.6 Å². The van der Waals surface area contributed by atoms with E-state index in [2.05, 4.69) is 26.2 Å². The zero-order valence-electron chi connectivity index (χ0n) is 11.3. The van der Waals surface area contributed by atoms with Crippen LogP contribution in [0, 0.1) is 6.92 Å². The zero-order valence-corrected chi connectivity index (χ0v) is 14.5. The first-order chi connectivity index (χ1) is 9.88. The molecule has 0 aromatic carbocycles. The molecular formula is C13H15BrN2O3S2. The number of aliphatic hydroxyl groups is 1. The van der Waals surface area contributed by atoms with Crippen molar-refractivity contribution in [2.75, 3.05) is 17.6 Å². The van der Waals surface area contributed by atoms with E-state index in [-0.39, 0.29) is 16.5 Å². The highest BCUT2D eigenvalue weighted by Gasteiger charge is 2.20. The summed E-state index contributed by atoms with van der Waals surface area (Å²) in [6, 6.07) is 6.83. The summed E-state index contributed by atoms with van der Waals surface area (Å²) in [7, 11) is -3.43. The molecule has 2 N–H and O–H groups in total. The van der Waals surface area contributed by atoms with Gasteiger partial charge >= 0.3 is 0 Å². The third kappa shape index (κ3) is 4.50. The Bertz CT molecular complexity index is 702. The molecule has 0 saturated heterocycles. The minimum absolute atomic E-state index is 0.124. The predicted molar refractivity (Wildman–Crippen MR) is 87.5 cm³/mol. The molecule has 0 aliphatic heterocycles. The molecule has 0 radical (unpaired) electrons. The number of aryl methyl sites for hydroxylation is 1. The van der Waals surface area contributed by atoms with Crippen molar-refractivity contribution in [2.45, 2.75) is 17.2 Å². The minimum atomic E-state index is -3.43. The lowest BCUT2D eigenvalue weighted by molar-refractivity contribution is 0.210. The monoisotopic (exact) mass is 390 g/mol. The maximum atomic E-state index is 12.0. The van der Waals surface area contributed by atoms with Gasteiger partial charge in [-0.25, -0.2) is 13.4 Å².